The molecule has 0 fully saturated rings. The number of amidine groups is 1. The van der Waals surface area contributed by atoms with Crippen LogP contribution in [0.4, 0.5) is 5.69 Å². The second kappa shape index (κ2) is 8.56. The molecule has 4 nitrogen and oxygen atoms in total. The predicted octanol–water partition coefficient (Wildman–Crippen LogP) is 5.12. The summed E-state index contributed by atoms with van der Waals surface area (Å²) in [6.07, 6.45) is 3.67. The highest BCUT2D eigenvalue weighted by atomic mass is 16.5. The molecule has 2 aromatic rings. The molecule has 0 atom stereocenters. The second-order valence-corrected chi connectivity index (χ2v) is 6.83. The van der Waals surface area contributed by atoms with E-state index >= 15 is 0 Å². The lowest BCUT2D eigenvalue weighted by Crippen LogP contribution is -2.26. The van der Waals surface area contributed by atoms with Crippen molar-refractivity contribution < 1.29 is 4.74 Å². The van der Waals surface area contributed by atoms with Gasteiger partial charge in [0.15, 0.2) is 0 Å². The van der Waals surface area contributed by atoms with Crippen LogP contribution in [-0.4, -0.2) is 38.1 Å². The normalized spacial score (nSPS) is 12.0. The number of allylic oxidation sites excluding steroid dienone is 1. The van der Waals surface area contributed by atoms with Crippen molar-refractivity contribution in [2.24, 2.45) is 4.99 Å². The lowest BCUT2D eigenvalue weighted by molar-refractivity contribution is 0.380. The van der Waals surface area contributed by atoms with E-state index in [4.69, 9.17) is 4.74 Å². The summed E-state index contributed by atoms with van der Waals surface area (Å²) in [6.45, 7) is 9.92. The molecule has 0 saturated heterocycles. The van der Waals surface area contributed by atoms with Gasteiger partial charge >= 0.3 is 0 Å². The van der Waals surface area contributed by atoms with Crippen LogP contribution in [0.5, 0.6) is 0 Å². The smallest absolute Gasteiger partial charge is 0.296 e. The highest BCUT2D eigenvalue weighted by Crippen LogP contribution is 2.29. The minimum atomic E-state index is 0.139. The van der Waals surface area contributed by atoms with Gasteiger partial charge in [0.05, 0.1) is 6.26 Å². The first kappa shape index (κ1) is 19.6. The van der Waals surface area contributed by atoms with Crippen molar-refractivity contribution >= 4 is 28.6 Å². The topological polar surface area (TPSA) is 28.1 Å². The van der Waals surface area contributed by atoms with E-state index < -0.39 is 0 Å². The third kappa shape index (κ3) is 4.66. The number of fused-ring (bicyclic) bond motifs is 1. The van der Waals surface area contributed by atoms with Crippen molar-refractivity contribution in [1.82, 2.24) is 4.90 Å². The van der Waals surface area contributed by atoms with E-state index in [-0.39, 0.29) is 6.04 Å². The van der Waals surface area contributed by atoms with Crippen molar-refractivity contribution in [3.05, 3.63) is 60.5 Å². The maximum atomic E-state index is 5.83. The molecule has 0 aromatic heterocycles. The van der Waals surface area contributed by atoms with Gasteiger partial charge in [-0.2, -0.15) is 0 Å². The number of rotatable bonds is 5. The number of hydrogen-bond donors (Lipinski definition) is 0. The van der Waals surface area contributed by atoms with Gasteiger partial charge in [-0.1, -0.05) is 36.9 Å². The van der Waals surface area contributed by atoms with Gasteiger partial charge in [-0.3, -0.25) is 0 Å². The monoisotopic (exact) mass is 351 g/mol. The summed E-state index contributed by atoms with van der Waals surface area (Å²) in [5.74, 6) is 0. The Morgan fingerprint density at radius 3 is 2.31 bits per heavy atom. The summed E-state index contributed by atoms with van der Waals surface area (Å²) >= 11 is 0. The number of ether oxygens (including phenoxy) is 1. The summed E-state index contributed by atoms with van der Waals surface area (Å²) in [5.41, 5.74) is 3.18. The zero-order valence-corrected chi connectivity index (χ0v) is 16.7. The van der Waals surface area contributed by atoms with E-state index in [2.05, 4.69) is 67.0 Å². The van der Waals surface area contributed by atoms with E-state index in [1.165, 1.54) is 16.5 Å². The lowest BCUT2D eigenvalue weighted by atomic mass is 10.0. The molecule has 0 aliphatic carbocycles. The summed E-state index contributed by atoms with van der Waals surface area (Å²) < 4.78 is 5.83. The van der Waals surface area contributed by atoms with Crippen LogP contribution in [0.3, 0.4) is 0 Å². The number of nitrogens with zero attached hydrogens (tertiary/aromatic N) is 3. The quantitative estimate of drug-likeness (QED) is 0.425. The zero-order chi connectivity index (χ0) is 19.3. The fraction of sp³-hybridized carbons (Fsp3) is 0.318. The van der Waals surface area contributed by atoms with Crippen LogP contribution >= 0.6 is 0 Å². The Bertz CT molecular complexity index is 834. The van der Waals surface area contributed by atoms with Crippen molar-refractivity contribution in [2.75, 3.05) is 26.0 Å². The van der Waals surface area contributed by atoms with Crippen LogP contribution < -0.4 is 4.90 Å². The van der Waals surface area contributed by atoms with Crippen molar-refractivity contribution in [3.8, 4) is 0 Å². The van der Waals surface area contributed by atoms with Gasteiger partial charge in [0.1, 0.15) is 0 Å². The maximum Gasteiger partial charge on any atom is 0.296 e. The molecule has 2 aromatic carbocycles. The summed E-state index contributed by atoms with van der Waals surface area (Å²) in [4.78, 5) is 8.50. The molecule has 0 heterocycles. The molecule has 4 heteroatoms. The number of benzene rings is 2. The van der Waals surface area contributed by atoms with E-state index in [1.807, 2.05) is 38.8 Å². The average molecular weight is 351 g/mol. The van der Waals surface area contributed by atoms with E-state index in [1.54, 1.807) is 6.26 Å². The number of aliphatic imine (C=N–C) groups is 1. The van der Waals surface area contributed by atoms with Gasteiger partial charge < -0.3 is 14.5 Å². The first-order chi connectivity index (χ1) is 12.3. The van der Waals surface area contributed by atoms with Gasteiger partial charge in [-0.25, -0.2) is 4.99 Å². The molecule has 0 N–H and O–H groups in total. The molecule has 0 bridgehead atoms. The maximum absolute atomic E-state index is 5.83. The third-order valence-electron chi connectivity index (χ3n) is 4.07. The molecule has 0 amide bonds. The summed E-state index contributed by atoms with van der Waals surface area (Å²) in [7, 11) is 6.02. The van der Waals surface area contributed by atoms with Crippen LogP contribution in [-0.2, 0) is 4.74 Å². The first-order valence-electron chi connectivity index (χ1n) is 8.80. The number of hydrogen-bond acceptors (Lipinski definition) is 3. The van der Waals surface area contributed by atoms with Crippen LogP contribution in [0, 0.1) is 0 Å². The summed E-state index contributed by atoms with van der Waals surface area (Å²) in [6, 6.07) is 13.3. The first-order valence-corrected chi connectivity index (χ1v) is 8.80. The highest BCUT2D eigenvalue weighted by Gasteiger charge is 2.09. The fourth-order valence-electron chi connectivity index (χ4n) is 2.59. The van der Waals surface area contributed by atoms with Crippen LogP contribution in [0.2, 0.25) is 0 Å². The zero-order valence-electron chi connectivity index (χ0n) is 16.7. The van der Waals surface area contributed by atoms with Crippen LogP contribution in [0.25, 0.3) is 16.8 Å². The molecule has 0 unspecified atom stereocenters. The lowest BCUT2D eigenvalue weighted by Gasteiger charge is -2.20. The Hall–Kier alpha value is -2.75. The van der Waals surface area contributed by atoms with Crippen molar-refractivity contribution in [2.45, 2.75) is 26.8 Å². The minimum Gasteiger partial charge on any atom is -0.434 e. The Kier molecular flexibility index (Phi) is 6.45. The summed E-state index contributed by atoms with van der Waals surface area (Å²) in [5, 5.41) is 2.41. The molecule has 2 rings (SSSR count). The second-order valence-electron chi connectivity index (χ2n) is 6.83. The Balaban J connectivity index is 2.33. The molecule has 26 heavy (non-hydrogen) atoms. The van der Waals surface area contributed by atoms with E-state index in [9.17, 15) is 0 Å². The molecule has 0 radical (unpaired) electrons. The van der Waals surface area contributed by atoms with Crippen LogP contribution in [0.1, 0.15) is 26.3 Å². The van der Waals surface area contributed by atoms with Crippen molar-refractivity contribution in [1.29, 1.82) is 0 Å². The van der Waals surface area contributed by atoms with Crippen molar-refractivity contribution in [3.63, 3.8) is 0 Å². The molecule has 0 aliphatic heterocycles. The van der Waals surface area contributed by atoms with E-state index in [0.29, 0.717) is 6.02 Å². The van der Waals surface area contributed by atoms with Gasteiger partial charge in [0, 0.05) is 44.0 Å². The Labute approximate surface area is 157 Å². The molecular weight excluding hydrogens is 322 g/mol. The SMILES string of the molecule is C=C(C)N(C)C(=NC(C)C)O/C=C/c1ccc(N(C)C)c2ccccc12. The minimum absolute atomic E-state index is 0.139. The van der Waals surface area contributed by atoms with Gasteiger partial charge in [0.2, 0.25) is 0 Å². The number of anilines is 1. The van der Waals surface area contributed by atoms with Gasteiger partial charge in [-0.05, 0) is 43.9 Å². The molecular formula is C22H29N3O. The Morgan fingerprint density at radius 1 is 1.08 bits per heavy atom. The van der Waals surface area contributed by atoms with E-state index in [0.717, 1.165) is 11.3 Å². The Morgan fingerprint density at radius 2 is 1.73 bits per heavy atom. The molecule has 138 valence electrons. The van der Waals surface area contributed by atoms with Gasteiger partial charge in [0.25, 0.3) is 6.02 Å². The molecule has 0 aliphatic rings. The third-order valence-corrected chi connectivity index (χ3v) is 4.07. The molecule has 0 saturated carbocycles. The average Bonchev–Trinajstić information content (AvgIpc) is 2.59. The highest BCUT2D eigenvalue weighted by molar-refractivity contribution is 5.99. The van der Waals surface area contributed by atoms with Gasteiger partial charge in [-0.15, -0.1) is 0 Å². The standard InChI is InChI=1S/C22H29N3O/c1-16(2)23-22(25(7)17(3)4)26-15-14-18-12-13-21(24(5)6)20-11-9-8-10-19(18)20/h8-16H,3H2,1-2,4-7H3/b15-14+,23-22?. The van der Waals surface area contributed by atoms with Crippen LogP contribution in [0.15, 0.2) is 59.9 Å². The largest absolute Gasteiger partial charge is 0.434 e. The predicted molar refractivity (Wildman–Crippen MR) is 114 cm³/mol. The molecule has 0 spiro atoms. The fourth-order valence-corrected chi connectivity index (χ4v) is 2.59.